The third-order valence-electron chi connectivity index (χ3n) is 6.90. The maximum atomic E-state index is 14.2. The molecule has 0 bridgehead atoms. The van der Waals surface area contributed by atoms with Crippen molar-refractivity contribution >= 4 is 35.1 Å². The number of H-pyrrole nitrogens is 2. The van der Waals surface area contributed by atoms with Crippen LogP contribution < -0.4 is 22.5 Å². The predicted octanol–water partition coefficient (Wildman–Crippen LogP) is -0.861. The minimum Gasteiger partial charge on any atom is -0.393 e. The van der Waals surface area contributed by atoms with Crippen LogP contribution in [-0.2, 0) is 27.9 Å². The van der Waals surface area contributed by atoms with Crippen molar-refractivity contribution in [2.24, 2.45) is 0 Å². The molecule has 45 heavy (non-hydrogen) atoms. The molecule has 250 valence electrons. The third kappa shape index (κ3) is 7.96. The van der Waals surface area contributed by atoms with E-state index in [1.807, 2.05) is 0 Å². The molecular weight excluding hydrogens is 663 g/mol. The van der Waals surface area contributed by atoms with Gasteiger partial charge in [0.1, 0.15) is 24.7 Å². The molecule has 2 aliphatic rings. The average molecular weight is 697 g/mol. The first-order valence-corrected chi connectivity index (χ1v) is 17.3. The van der Waals surface area contributed by atoms with Gasteiger partial charge in [-0.25, -0.2) is 14.2 Å². The molecule has 4 rings (SSSR count). The molecule has 21 heteroatoms. The first-order chi connectivity index (χ1) is 20.9. The number of rotatable bonds is 11. The molecule has 2 aliphatic heterocycles. The van der Waals surface area contributed by atoms with Crippen LogP contribution in [0.3, 0.4) is 0 Å². The SMILES string of the molecule is CC(=O)SC(C)SP(=O)(OC(O)[C@H]1O[C@@H](n2cc(C)c(=O)[nH]c2=O)C[C@@H]1O)O[C@]1(O)C[C@H](n2cc(C)c(=O)[nH]c2=O)O[C@@H]1CO. The highest BCUT2D eigenvalue weighted by Crippen LogP contribution is 2.67. The lowest BCUT2D eigenvalue weighted by Crippen LogP contribution is -2.43. The monoisotopic (exact) mass is 696 g/mol. The number of aromatic amines is 2. The Morgan fingerprint density at radius 1 is 1.11 bits per heavy atom. The molecular formula is C24H33N4O14PS2. The fraction of sp³-hybridized carbons (Fsp3) is 0.625. The molecule has 2 aromatic rings. The molecule has 0 aromatic carbocycles. The van der Waals surface area contributed by atoms with E-state index in [0.29, 0.717) is 11.4 Å². The second-order valence-electron chi connectivity index (χ2n) is 10.4. The van der Waals surface area contributed by atoms with E-state index in [0.717, 1.165) is 27.1 Å². The van der Waals surface area contributed by atoms with Gasteiger partial charge in [0.2, 0.25) is 5.79 Å². The molecule has 0 aliphatic carbocycles. The van der Waals surface area contributed by atoms with Gasteiger partial charge < -0.3 is 29.9 Å². The van der Waals surface area contributed by atoms with Gasteiger partial charge in [0.25, 0.3) is 11.1 Å². The average Bonchev–Trinajstić information content (AvgIpc) is 3.46. The number of carbonyl (C=O) groups is 1. The summed E-state index contributed by atoms with van der Waals surface area (Å²) in [6, 6.07) is 0. The number of carbonyl (C=O) groups excluding carboxylic acids is 1. The first-order valence-electron chi connectivity index (χ1n) is 13.4. The van der Waals surface area contributed by atoms with E-state index in [9.17, 15) is 49.0 Å². The van der Waals surface area contributed by atoms with Crippen molar-refractivity contribution < 1.29 is 48.3 Å². The van der Waals surface area contributed by atoms with Crippen LogP contribution in [-0.4, -0.2) is 86.2 Å². The van der Waals surface area contributed by atoms with Crippen molar-refractivity contribution in [3.05, 3.63) is 65.2 Å². The van der Waals surface area contributed by atoms with Crippen molar-refractivity contribution in [1.29, 1.82) is 0 Å². The molecule has 0 saturated carbocycles. The summed E-state index contributed by atoms with van der Waals surface area (Å²) in [6.45, 7) is -0.110. The normalized spacial score (nSPS) is 29.4. The molecule has 6 N–H and O–H groups in total. The lowest BCUT2D eigenvalue weighted by atomic mass is 10.1. The molecule has 9 atom stereocenters. The van der Waals surface area contributed by atoms with E-state index in [4.69, 9.17) is 18.5 Å². The maximum Gasteiger partial charge on any atom is 0.395 e. The number of nitrogens with zero attached hydrogens (tertiary/aromatic N) is 2. The summed E-state index contributed by atoms with van der Waals surface area (Å²) >= 11 is 1.15. The summed E-state index contributed by atoms with van der Waals surface area (Å²) < 4.78 is 37.5. The molecule has 0 spiro atoms. The second-order valence-corrected chi connectivity index (χ2v) is 16.4. The van der Waals surface area contributed by atoms with E-state index < -0.39 is 89.8 Å². The Labute approximate surface area is 262 Å². The Kier molecular flexibility index (Phi) is 10.9. The number of aromatic nitrogens is 4. The van der Waals surface area contributed by atoms with Crippen LogP contribution in [0.25, 0.3) is 0 Å². The van der Waals surface area contributed by atoms with Gasteiger partial charge >= 0.3 is 18.2 Å². The van der Waals surface area contributed by atoms with Gasteiger partial charge in [0.05, 0.1) is 23.7 Å². The third-order valence-corrected chi connectivity index (χ3v) is 12.3. The Morgan fingerprint density at radius 3 is 2.20 bits per heavy atom. The molecule has 2 saturated heterocycles. The molecule has 2 fully saturated rings. The summed E-state index contributed by atoms with van der Waals surface area (Å²) in [4.78, 5) is 64.2. The molecule has 18 nitrogen and oxygen atoms in total. The zero-order chi connectivity index (χ0) is 33.4. The summed E-state index contributed by atoms with van der Waals surface area (Å²) in [7, 11) is 0. The fourth-order valence-electron chi connectivity index (χ4n) is 4.77. The highest BCUT2D eigenvalue weighted by molar-refractivity contribution is 8.58. The largest absolute Gasteiger partial charge is 0.395 e. The Bertz CT molecular complexity index is 1710. The predicted molar refractivity (Wildman–Crippen MR) is 158 cm³/mol. The van der Waals surface area contributed by atoms with Gasteiger partial charge in [-0.15, -0.1) is 0 Å². The Balaban J connectivity index is 1.60. The molecule has 4 heterocycles. The number of aliphatic hydroxyl groups excluding tert-OH is 3. The fourth-order valence-corrected chi connectivity index (χ4v) is 10.6. The van der Waals surface area contributed by atoms with Gasteiger partial charge in [0.15, 0.2) is 11.4 Å². The summed E-state index contributed by atoms with van der Waals surface area (Å²) in [5.41, 5.74) is -2.72. The highest BCUT2D eigenvalue weighted by atomic mass is 32.7. The number of aryl methyl sites for hydroxylation is 2. The first kappa shape index (κ1) is 35.5. The van der Waals surface area contributed by atoms with Crippen molar-refractivity contribution in [2.45, 2.75) is 88.0 Å². The number of ether oxygens (including phenoxy) is 2. The molecule has 0 radical (unpaired) electrons. The Hall–Kier alpha value is -2.36. The summed E-state index contributed by atoms with van der Waals surface area (Å²) in [6.07, 6.45) is -7.87. The number of nitrogens with one attached hydrogen (secondary N) is 2. The van der Waals surface area contributed by atoms with Crippen LogP contribution in [0.5, 0.6) is 0 Å². The van der Waals surface area contributed by atoms with Crippen LogP contribution in [0.4, 0.5) is 0 Å². The van der Waals surface area contributed by atoms with Crippen LogP contribution in [0.15, 0.2) is 31.6 Å². The minimum absolute atomic E-state index is 0.130. The second kappa shape index (κ2) is 13.8. The van der Waals surface area contributed by atoms with E-state index in [-0.39, 0.29) is 22.7 Å². The number of hydrogen-bond donors (Lipinski definition) is 6. The van der Waals surface area contributed by atoms with Crippen molar-refractivity contribution in [3.8, 4) is 0 Å². The van der Waals surface area contributed by atoms with Crippen molar-refractivity contribution in [3.63, 3.8) is 0 Å². The van der Waals surface area contributed by atoms with Crippen molar-refractivity contribution in [2.75, 3.05) is 6.61 Å². The zero-order valence-corrected chi connectivity index (χ0v) is 26.9. The lowest BCUT2D eigenvalue weighted by molar-refractivity contribution is -0.199. The van der Waals surface area contributed by atoms with Crippen LogP contribution in [0.2, 0.25) is 0 Å². The van der Waals surface area contributed by atoms with Gasteiger partial charge in [-0.2, -0.15) is 0 Å². The van der Waals surface area contributed by atoms with Crippen LogP contribution >= 0.6 is 29.9 Å². The van der Waals surface area contributed by atoms with Gasteiger partial charge in [-0.1, -0.05) is 11.8 Å². The number of aliphatic hydroxyl groups is 4. The summed E-state index contributed by atoms with van der Waals surface area (Å²) in [5, 5.41) is 42.7. The molecule has 0 amide bonds. The molecule has 3 unspecified atom stereocenters. The number of hydrogen-bond acceptors (Lipinski definition) is 16. The van der Waals surface area contributed by atoms with E-state index >= 15 is 0 Å². The lowest BCUT2D eigenvalue weighted by Gasteiger charge is -2.33. The van der Waals surface area contributed by atoms with Crippen LogP contribution in [0, 0.1) is 13.8 Å². The minimum atomic E-state index is -4.79. The van der Waals surface area contributed by atoms with E-state index in [2.05, 4.69) is 9.97 Å². The van der Waals surface area contributed by atoms with E-state index in [1.165, 1.54) is 33.9 Å². The van der Waals surface area contributed by atoms with Crippen molar-refractivity contribution in [1.82, 2.24) is 19.1 Å². The van der Waals surface area contributed by atoms with Crippen LogP contribution in [0.1, 0.15) is 50.3 Å². The maximum absolute atomic E-state index is 14.2. The van der Waals surface area contributed by atoms with Gasteiger partial charge in [-0.05, 0) is 32.2 Å². The zero-order valence-electron chi connectivity index (χ0n) is 24.3. The van der Waals surface area contributed by atoms with E-state index in [1.54, 1.807) is 0 Å². The highest BCUT2D eigenvalue weighted by Gasteiger charge is 2.55. The molecule has 2 aromatic heterocycles. The summed E-state index contributed by atoms with van der Waals surface area (Å²) in [5.74, 6) is -2.61. The standard InChI is InChI=1S/C24H33N4O14PS2/c1-10-7-27(22(35)25-19(10)32)16-5-14(31)18(40-16)21(34)41-43(38,45-13(4)44-12(3)30)42-24(37)6-17(39-15(24)9-29)28-8-11(2)20(33)26-23(28)36/h7-8,13-18,21,29,31,34,37H,5-6,9H2,1-4H3,(H,25,32,35)(H,26,33,36)/t13?,14-,15+,16+,17+,18-,21?,24+,43?/m0/s1. The Morgan fingerprint density at radius 2 is 1.67 bits per heavy atom. The number of thioether (sulfide) groups is 1. The topological polar surface area (TPSA) is 262 Å². The van der Waals surface area contributed by atoms with Gasteiger partial charge in [0, 0.05) is 36.9 Å². The smallest absolute Gasteiger partial charge is 0.393 e. The quantitative estimate of drug-likeness (QED) is 0.123. The van der Waals surface area contributed by atoms with Gasteiger partial charge in [-0.3, -0.25) is 42.5 Å².